The van der Waals surface area contributed by atoms with Crippen LogP contribution < -0.4 is 27.3 Å². The molecule has 9 nitrogen and oxygen atoms in total. The number of benzene rings is 4. The van der Waals surface area contributed by atoms with Gasteiger partial charge in [0, 0.05) is 56.1 Å². The zero-order valence-corrected chi connectivity index (χ0v) is 27.0. The topological polar surface area (TPSA) is 160 Å². The number of aldehydes is 1. The van der Waals surface area contributed by atoms with Crippen LogP contribution in [0.5, 0.6) is 5.75 Å². The van der Waals surface area contributed by atoms with Crippen LogP contribution >= 0.6 is 0 Å². The lowest BCUT2D eigenvalue weighted by atomic mass is 9.94. The molecule has 0 aliphatic carbocycles. The third-order valence-electron chi connectivity index (χ3n) is 8.61. The smallest absolute Gasteiger partial charge is 0.234 e. The van der Waals surface area contributed by atoms with Gasteiger partial charge in [-0.3, -0.25) is 9.69 Å². The minimum atomic E-state index is -0.671. The number of anilines is 1. The van der Waals surface area contributed by atoms with Crippen molar-refractivity contribution in [2.24, 2.45) is 17.2 Å². The van der Waals surface area contributed by atoms with Gasteiger partial charge in [-0.05, 0) is 83.3 Å². The van der Waals surface area contributed by atoms with E-state index < -0.39 is 11.9 Å². The average Bonchev–Trinajstić information content (AvgIpc) is 3.06. The molecule has 0 saturated carbocycles. The Labute approximate surface area is 275 Å². The van der Waals surface area contributed by atoms with Gasteiger partial charge < -0.3 is 32.0 Å². The first-order valence-electron chi connectivity index (χ1n) is 15.7. The predicted octanol–water partition coefficient (Wildman–Crippen LogP) is 4.51. The maximum Gasteiger partial charge on any atom is 0.234 e. The summed E-state index contributed by atoms with van der Waals surface area (Å²) in [6.45, 7) is 4.79. The number of nitriles is 1. The molecule has 1 aliphatic heterocycles. The van der Waals surface area contributed by atoms with E-state index in [-0.39, 0.29) is 11.9 Å². The monoisotopic (exact) mass is 638 g/mol. The minimum Gasteiger partial charge on any atom is -0.496 e. The molecule has 7 N–H and O–H groups in total. The number of hydrogen-bond acceptors (Lipinski definition) is 8. The molecular weight excluding hydrogens is 595 g/mol. The molecule has 0 aromatic heterocycles. The fourth-order valence-electron chi connectivity index (χ4n) is 6.01. The summed E-state index contributed by atoms with van der Waals surface area (Å²) in [6.07, 6.45) is 2.64. The third kappa shape index (κ3) is 8.71. The lowest BCUT2D eigenvalue weighted by Gasteiger charge is -2.33. The molecule has 246 valence electrons. The molecule has 2 unspecified atom stereocenters. The average molecular weight is 639 g/mol. The first-order valence-corrected chi connectivity index (χ1v) is 15.7. The maximum absolute atomic E-state index is 15.5. The van der Waals surface area contributed by atoms with Crippen molar-refractivity contribution in [1.29, 1.82) is 5.26 Å². The van der Waals surface area contributed by atoms with E-state index in [1.807, 2.05) is 48.5 Å². The summed E-state index contributed by atoms with van der Waals surface area (Å²) in [5.74, 6) is 0.0567. The van der Waals surface area contributed by atoms with Crippen LogP contribution in [0.15, 0.2) is 66.7 Å². The fourth-order valence-corrected chi connectivity index (χ4v) is 6.01. The number of halogens is 1. The van der Waals surface area contributed by atoms with Gasteiger partial charge in [0.05, 0.1) is 24.8 Å². The van der Waals surface area contributed by atoms with E-state index in [1.165, 1.54) is 0 Å². The largest absolute Gasteiger partial charge is 0.496 e. The van der Waals surface area contributed by atoms with Crippen LogP contribution in [-0.2, 0) is 22.4 Å². The van der Waals surface area contributed by atoms with Gasteiger partial charge in [0.15, 0.2) is 0 Å². The zero-order valence-electron chi connectivity index (χ0n) is 27.0. The van der Waals surface area contributed by atoms with E-state index in [0.717, 1.165) is 70.5 Å². The number of primary amides is 1. The summed E-state index contributed by atoms with van der Waals surface area (Å²) in [5.41, 5.74) is 22.8. The summed E-state index contributed by atoms with van der Waals surface area (Å²) in [5, 5.41) is 14.9. The minimum absolute atomic E-state index is 0.0921. The Morgan fingerprint density at radius 2 is 1.91 bits per heavy atom. The number of nitrogens with one attached hydrogen (secondary N) is 1. The van der Waals surface area contributed by atoms with Crippen LogP contribution in [0.3, 0.4) is 0 Å². The molecule has 0 spiro atoms. The Morgan fingerprint density at radius 1 is 1.13 bits per heavy atom. The number of aryl methyl sites for hydroxylation is 1. The second kappa shape index (κ2) is 16.7. The van der Waals surface area contributed by atoms with Crippen molar-refractivity contribution in [3.8, 4) is 11.8 Å². The quantitative estimate of drug-likeness (QED) is 0.185. The third-order valence-corrected chi connectivity index (χ3v) is 8.61. The van der Waals surface area contributed by atoms with Crippen molar-refractivity contribution in [3.05, 3.63) is 106 Å². The van der Waals surface area contributed by atoms with Crippen LogP contribution in [0.4, 0.5) is 10.1 Å². The molecule has 0 fully saturated rings. The molecule has 0 bridgehead atoms. The van der Waals surface area contributed by atoms with Crippen LogP contribution in [0.25, 0.3) is 10.8 Å². The molecule has 2 atom stereocenters. The Morgan fingerprint density at radius 3 is 2.60 bits per heavy atom. The van der Waals surface area contributed by atoms with Gasteiger partial charge in [0.25, 0.3) is 0 Å². The van der Waals surface area contributed by atoms with Crippen molar-refractivity contribution in [3.63, 3.8) is 0 Å². The predicted molar refractivity (Wildman–Crippen MR) is 184 cm³/mol. The summed E-state index contributed by atoms with van der Waals surface area (Å²) >= 11 is 0. The SMILES string of the molecule is COc1ccc(Cc2ccc(C(CN)N3CCNc4ccc(C#N)cc4CC3)cc2F)c2cccc(C)c12.NC(=O)C(N)CCC=O. The van der Waals surface area contributed by atoms with Crippen molar-refractivity contribution >= 4 is 28.7 Å². The highest BCUT2D eigenvalue weighted by Crippen LogP contribution is 2.33. The number of carbonyl (C=O) groups is 2. The first-order chi connectivity index (χ1) is 22.7. The van der Waals surface area contributed by atoms with E-state index in [2.05, 4.69) is 35.3 Å². The van der Waals surface area contributed by atoms with E-state index in [9.17, 15) is 14.9 Å². The normalized spacial score (nSPS) is 14.2. The molecule has 4 aromatic carbocycles. The lowest BCUT2D eigenvalue weighted by molar-refractivity contribution is -0.119. The number of nitrogens with two attached hydrogens (primary N) is 3. The highest BCUT2D eigenvalue weighted by Gasteiger charge is 2.22. The van der Waals surface area contributed by atoms with Gasteiger partial charge in [-0.15, -0.1) is 0 Å². The number of ether oxygens (including phenoxy) is 1. The van der Waals surface area contributed by atoms with Crippen molar-refractivity contribution in [2.45, 2.75) is 44.7 Å². The summed E-state index contributed by atoms with van der Waals surface area (Å²) in [7, 11) is 1.68. The second-order valence-electron chi connectivity index (χ2n) is 11.7. The summed E-state index contributed by atoms with van der Waals surface area (Å²) in [6, 6.07) is 23.0. The highest BCUT2D eigenvalue weighted by atomic mass is 19.1. The number of amides is 1. The van der Waals surface area contributed by atoms with Gasteiger partial charge in [-0.2, -0.15) is 5.26 Å². The van der Waals surface area contributed by atoms with Crippen molar-refractivity contribution in [2.75, 3.05) is 38.6 Å². The number of rotatable bonds is 10. The van der Waals surface area contributed by atoms with Crippen molar-refractivity contribution < 1.29 is 18.7 Å². The van der Waals surface area contributed by atoms with Gasteiger partial charge in [0.1, 0.15) is 17.9 Å². The fraction of sp³-hybridized carbons (Fsp3) is 0.324. The Kier molecular flexibility index (Phi) is 12.4. The van der Waals surface area contributed by atoms with Crippen LogP contribution in [-0.4, -0.2) is 56.4 Å². The van der Waals surface area contributed by atoms with Gasteiger partial charge in [0.2, 0.25) is 5.91 Å². The van der Waals surface area contributed by atoms with Crippen molar-refractivity contribution in [1.82, 2.24) is 4.90 Å². The number of methoxy groups -OCH3 is 1. The Hall–Kier alpha value is -4.82. The molecule has 1 aliphatic rings. The molecule has 0 saturated heterocycles. The molecule has 5 rings (SSSR count). The highest BCUT2D eigenvalue weighted by molar-refractivity contribution is 5.94. The van der Waals surface area contributed by atoms with Crippen LogP contribution in [0.1, 0.15) is 52.3 Å². The Bertz CT molecular complexity index is 1750. The number of carbonyl (C=O) groups excluding carboxylic acids is 2. The van der Waals surface area contributed by atoms with Gasteiger partial charge in [-0.1, -0.05) is 36.4 Å². The lowest BCUT2D eigenvalue weighted by Crippen LogP contribution is -2.39. The summed E-state index contributed by atoms with van der Waals surface area (Å²) in [4.78, 5) is 22.2. The standard InChI is InChI=1S/C32H33FN4O.C5H10N2O2/c1-21-4-3-5-27-23(9-11-31(38-2)32(21)27)17-24-7-8-26(18-28(24)33)30(20-35)37-14-12-25-16-22(19-34)6-10-29(25)36-13-15-37;6-4(5(7)9)2-1-3-8/h3-11,16,18,30,36H,12-15,17,20,35H2,1-2H3;3-4H,1-2,6H2,(H2,7,9). The molecule has 4 aromatic rings. The number of nitrogens with zero attached hydrogens (tertiary/aromatic N) is 2. The van der Waals surface area contributed by atoms with Crippen LogP contribution in [0.2, 0.25) is 0 Å². The number of fused-ring (bicyclic) bond motifs is 2. The molecular formula is C37H43FN6O3. The molecule has 10 heteroatoms. The molecule has 1 amide bonds. The van der Waals surface area contributed by atoms with E-state index in [4.69, 9.17) is 21.9 Å². The van der Waals surface area contributed by atoms with Crippen LogP contribution in [0, 0.1) is 24.1 Å². The van der Waals surface area contributed by atoms with E-state index in [0.29, 0.717) is 43.2 Å². The second-order valence-corrected chi connectivity index (χ2v) is 11.7. The van der Waals surface area contributed by atoms with E-state index in [1.54, 1.807) is 13.2 Å². The maximum atomic E-state index is 15.5. The van der Waals surface area contributed by atoms with E-state index >= 15 is 4.39 Å². The van der Waals surface area contributed by atoms with Gasteiger partial charge in [-0.25, -0.2) is 4.39 Å². The molecule has 0 radical (unpaired) electrons. The first kappa shape index (κ1) is 35.0. The molecule has 47 heavy (non-hydrogen) atoms. The number of hydrogen-bond donors (Lipinski definition) is 4. The molecule has 1 heterocycles. The zero-order chi connectivity index (χ0) is 33.9. The summed E-state index contributed by atoms with van der Waals surface area (Å²) < 4.78 is 21.1. The van der Waals surface area contributed by atoms with Gasteiger partial charge >= 0.3 is 0 Å². The Balaban J connectivity index is 0.000000488.